The molecule has 0 aromatic carbocycles. The minimum absolute atomic E-state index is 0.196. The highest BCUT2D eigenvalue weighted by atomic mass is 19.1. The Labute approximate surface area is 122 Å². The summed E-state index contributed by atoms with van der Waals surface area (Å²) >= 11 is 0. The van der Waals surface area contributed by atoms with Crippen LogP contribution in [0.15, 0.2) is 29.1 Å². The number of nitrogens with zero attached hydrogens (tertiary/aromatic N) is 4. The normalized spacial score (nSPS) is 22.3. The monoisotopic (exact) mass is 292 g/mol. The third-order valence-corrected chi connectivity index (χ3v) is 3.45. The van der Waals surface area contributed by atoms with Crippen molar-refractivity contribution >= 4 is 6.01 Å². The molecule has 0 aliphatic carbocycles. The summed E-state index contributed by atoms with van der Waals surface area (Å²) in [4.78, 5) is 14.0. The topological polar surface area (TPSA) is 64.3 Å². The Hall–Kier alpha value is -2.18. The highest BCUT2D eigenvalue weighted by Crippen LogP contribution is 2.23. The summed E-state index contributed by atoms with van der Waals surface area (Å²) in [5, 5.41) is 0. The van der Waals surface area contributed by atoms with Crippen LogP contribution in [0.2, 0.25) is 0 Å². The first kappa shape index (κ1) is 13.8. The van der Waals surface area contributed by atoms with E-state index in [9.17, 15) is 4.39 Å². The lowest BCUT2D eigenvalue weighted by atomic mass is 10.1. The average Bonchev–Trinajstić information content (AvgIpc) is 2.99. The van der Waals surface area contributed by atoms with Gasteiger partial charge in [0.15, 0.2) is 6.17 Å². The minimum Gasteiger partial charge on any atom is -0.457 e. The summed E-state index contributed by atoms with van der Waals surface area (Å²) in [5.41, 5.74) is 0.872. The molecule has 1 aliphatic rings. The van der Waals surface area contributed by atoms with Crippen LogP contribution in [0.5, 0.6) is 6.01 Å². The fourth-order valence-corrected chi connectivity index (χ4v) is 2.28. The molecule has 7 heteroatoms. The van der Waals surface area contributed by atoms with Crippen LogP contribution in [0.25, 0.3) is 0 Å². The number of piperidine rings is 1. The molecule has 3 heterocycles. The van der Waals surface area contributed by atoms with Crippen molar-refractivity contribution in [2.75, 3.05) is 18.0 Å². The second-order valence-electron chi connectivity index (χ2n) is 4.91. The molecule has 0 spiro atoms. The molecule has 2 atom stereocenters. The summed E-state index contributed by atoms with van der Waals surface area (Å²) in [6.07, 6.45) is 4.41. The summed E-state index contributed by atoms with van der Waals surface area (Å²) in [5.74, 6) is 0. The summed E-state index contributed by atoms with van der Waals surface area (Å²) in [6.45, 7) is 2.82. The van der Waals surface area contributed by atoms with Gasteiger partial charge in [-0.1, -0.05) is 6.92 Å². The highest BCUT2D eigenvalue weighted by molar-refractivity contribution is 5.28. The molecular formula is C14H17FN4O2. The molecule has 1 saturated heterocycles. The number of aryl methyl sites for hydroxylation is 1. The number of aromatic nitrogens is 3. The van der Waals surface area contributed by atoms with Crippen molar-refractivity contribution in [3.63, 3.8) is 0 Å². The van der Waals surface area contributed by atoms with Crippen LogP contribution in [-0.2, 0) is 6.42 Å². The number of alkyl halides is 1. The lowest BCUT2D eigenvalue weighted by Crippen LogP contribution is -2.47. The van der Waals surface area contributed by atoms with Crippen LogP contribution < -0.4 is 9.64 Å². The fraction of sp³-hybridized carbons (Fsp3) is 0.500. The van der Waals surface area contributed by atoms with Gasteiger partial charge < -0.3 is 14.1 Å². The first-order valence-electron chi connectivity index (χ1n) is 7.03. The zero-order chi connectivity index (χ0) is 14.7. The number of hydrogen-bond donors (Lipinski definition) is 0. The maximum Gasteiger partial charge on any atom is 0.316 e. The van der Waals surface area contributed by atoms with Crippen LogP contribution in [0, 0.1) is 0 Å². The third kappa shape index (κ3) is 3.12. The maximum atomic E-state index is 14.3. The Bertz CT molecular complexity index is 577. The quantitative estimate of drug-likeness (QED) is 0.859. The molecule has 21 heavy (non-hydrogen) atoms. The van der Waals surface area contributed by atoms with E-state index in [1.165, 1.54) is 0 Å². The summed E-state index contributed by atoms with van der Waals surface area (Å²) in [6, 6.07) is 2.38. The van der Waals surface area contributed by atoms with Crippen LogP contribution in [0.4, 0.5) is 10.4 Å². The van der Waals surface area contributed by atoms with Gasteiger partial charge >= 0.3 is 6.01 Å². The molecule has 1 fully saturated rings. The Balaban J connectivity index is 1.61. The van der Waals surface area contributed by atoms with E-state index in [0.717, 1.165) is 12.1 Å². The lowest BCUT2D eigenvalue weighted by molar-refractivity contribution is 0.0723. The number of oxazole rings is 1. The van der Waals surface area contributed by atoms with E-state index in [1.54, 1.807) is 29.6 Å². The van der Waals surface area contributed by atoms with Crippen molar-refractivity contribution in [2.24, 2.45) is 0 Å². The SMILES string of the molecule is CCc1coc(N2CC[C@H](Oc3ncccn3)[C@H](F)C2)n1. The van der Waals surface area contributed by atoms with E-state index >= 15 is 0 Å². The van der Waals surface area contributed by atoms with Gasteiger partial charge in [0.1, 0.15) is 12.4 Å². The van der Waals surface area contributed by atoms with Crippen LogP contribution in [-0.4, -0.2) is 40.3 Å². The molecule has 0 unspecified atom stereocenters. The van der Waals surface area contributed by atoms with Gasteiger partial charge in [0.05, 0.1) is 12.2 Å². The third-order valence-electron chi connectivity index (χ3n) is 3.45. The molecule has 1 aliphatic heterocycles. The van der Waals surface area contributed by atoms with Gasteiger partial charge in [-0.15, -0.1) is 0 Å². The van der Waals surface area contributed by atoms with Crippen molar-refractivity contribution in [2.45, 2.75) is 32.0 Å². The van der Waals surface area contributed by atoms with Crippen LogP contribution in [0.3, 0.4) is 0 Å². The van der Waals surface area contributed by atoms with E-state index < -0.39 is 12.3 Å². The Morgan fingerprint density at radius 1 is 1.43 bits per heavy atom. The largest absolute Gasteiger partial charge is 0.457 e. The zero-order valence-corrected chi connectivity index (χ0v) is 11.8. The molecule has 112 valence electrons. The molecule has 0 radical (unpaired) electrons. The Morgan fingerprint density at radius 3 is 2.90 bits per heavy atom. The van der Waals surface area contributed by atoms with Crippen molar-refractivity contribution < 1.29 is 13.5 Å². The number of halogens is 1. The number of hydrogen-bond acceptors (Lipinski definition) is 6. The summed E-state index contributed by atoms with van der Waals surface area (Å²) < 4.78 is 25.1. The van der Waals surface area contributed by atoms with E-state index in [-0.39, 0.29) is 12.6 Å². The molecule has 0 amide bonds. The highest BCUT2D eigenvalue weighted by Gasteiger charge is 2.33. The predicted molar refractivity (Wildman–Crippen MR) is 74.1 cm³/mol. The maximum absolute atomic E-state index is 14.3. The molecule has 0 saturated carbocycles. The molecule has 6 nitrogen and oxygen atoms in total. The van der Waals surface area contributed by atoms with Gasteiger partial charge in [-0.3, -0.25) is 0 Å². The van der Waals surface area contributed by atoms with Gasteiger partial charge in [0, 0.05) is 25.4 Å². The smallest absolute Gasteiger partial charge is 0.316 e. The van der Waals surface area contributed by atoms with E-state index in [4.69, 9.17) is 9.15 Å². The lowest BCUT2D eigenvalue weighted by Gasteiger charge is -2.33. The molecule has 0 bridgehead atoms. The van der Waals surface area contributed by atoms with Crippen LogP contribution in [0.1, 0.15) is 19.0 Å². The van der Waals surface area contributed by atoms with Crippen molar-refractivity contribution in [1.82, 2.24) is 15.0 Å². The van der Waals surface area contributed by atoms with Gasteiger partial charge in [-0.05, 0) is 12.5 Å². The molecular weight excluding hydrogens is 275 g/mol. The van der Waals surface area contributed by atoms with Gasteiger partial charge in [-0.25, -0.2) is 14.4 Å². The Kier molecular flexibility index (Phi) is 3.98. The van der Waals surface area contributed by atoms with Crippen molar-refractivity contribution in [3.8, 4) is 6.01 Å². The van der Waals surface area contributed by atoms with Gasteiger partial charge in [0.25, 0.3) is 6.01 Å². The predicted octanol–water partition coefficient (Wildman–Crippen LogP) is 2.02. The van der Waals surface area contributed by atoms with Gasteiger partial charge in [-0.2, -0.15) is 4.98 Å². The molecule has 2 aromatic heterocycles. The first-order valence-corrected chi connectivity index (χ1v) is 7.03. The molecule has 0 N–H and O–H groups in total. The second kappa shape index (κ2) is 6.07. The average molecular weight is 292 g/mol. The summed E-state index contributed by atoms with van der Waals surface area (Å²) in [7, 11) is 0. The first-order chi connectivity index (χ1) is 10.3. The van der Waals surface area contributed by atoms with Crippen molar-refractivity contribution in [3.05, 3.63) is 30.4 Å². The number of rotatable bonds is 4. The standard InChI is InChI=1S/C14H17FN4O2/c1-2-10-9-20-14(18-10)19-7-4-12(11(15)8-19)21-13-16-5-3-6-17-13/h3,5-6,9,11-12H,2,4,7-8H2,1H3/t11-,12+/m1/s1. The van der Waals surface area contributed by atoms with Gasteiger partial charge in [0.2, 0.25) is 0 Å². The van der Waals surface area contributed by atoms with Crippen LogP contribution >= 0.6 is 0 Å². The fourth-order valence-electron chi connectivity index (χ4n) is 2.28. The van der Waals surface area contributed by atoms with Crippen molar-refractivity contribution in [1.29, 1.82) is 0 Å². The molecule has 3 rings (SSSR count). The molecule has 2 aromatic rings. The minimum atomic E-state index is -1.14. The number of ether oxygens (including phenoxy) is 1. The van der Waals surface area contributed by atoms with E-state index in [2.05, 4.69) is 15.0 Å². The van der Waals surface area contributed by atoms with E-state index in [1.807, 2.05) is 6.92 Å². The second-order valence-corrected chi connectivity index (χ2v) is 4.91. The number of anilines is 1. The zero-order valence-electron chi connectivity index (χ0n) is 11.8. The van der Waals surface area contributed by atoms with E-state index in [0.29, 0.717) is 19.0 Å². The Morgan fingerprint density at radius 2 is 2.24 bits per heavy atom.